The van der Waals surface area contributed by atoms with Crippen molar-refractivity contribution in [1.82, 2.24) is 4.90 Å². The molecule has 0 fully saturated rings. The van der Waals surface area contributed by atoms with Gasteiger partial charge in [0.15, 0.2) is 0 Å². The Labute approximate surface area is 128 Å². The molecule has 0 radical (unpaired) electrons. The summed E-state index contributed by atoms with van der Waals surface area (Å²) in [5.74, 6) is -1.46. The van der Waals surface area contributed by atoms with E-state index in [2.05, 4.69) is 0 Å². The van der Waals surface area contributed by atoms with Gasteiger partial charge in [-0.25, -0.2) is 8.78 Å². The molecule has 1 amide bonds. The van der Waals surface area contributed by atoms with Crippen LogP contribution in [0.2, 0.25) is 0 Å². The number of carbonyl (C=O) groups is 1. The molecule has 1 aliphatic rings. The Bertz CT molecular complexity index is 528. The number of amides is 1. The predicted molar refractivity (Wildman–Crippen MR) is 77.3 cm³/mol. The number of fused-ring (bicyclic) bond motifs is 1. The van der Waals surface area contributed by atoms with Crippen molar-refractivity contribution in [3.05, 3.63) is 34.9 Å². The topological polar surface area (TPSA) is 55.6 Å². The number of methoxy groups -OCH3 is 1. The van der Waals surface area contributed by atoms with Crippen LogP contribution in [0.4, 0.5) is 8.78 Å². The van der Waals surface area contributed by atoms with E-state index in [4.69, 9.17) is 10.5 Å². The lowest BCUT2D eigenvalue weighted by Gasteiger charge is -2.36. The molecule has 0 aromatic heterocycles. The van der Waals surface area contributed by atoms with Gasteiger partial charge in [-0.1, -0.05) is 0 Å². The normalized spacial score (nSPS) is 18.7. The molecule has 1 aromatic rings. The number of carbonyl (C=O) groups excluding carboxylic acids is 1. The molecule has 1 aromatic carbocycles. The van der Waals surface area contributed by atoms with Crippen LogP contribution < -0.4 is 5.73 Å². The summed E-state index contributed by atoms with van der Waals surface area (Å²) >= 11 is 0. The standard InChI is InChI=1S/C14H18F2N2O2.ClH/c1-8-11-5-9(15)6-12(16)10(11)3-4-18(8)14(19)13(17)7-20-2;/h5-6,8,13H,3-4,7,17H2,1-2H3;1H. The van der Waals surface area contributed by atoms with Gasteiger partial charge in [0.2, 0.25) is 5.91 Å². The number of halogens is 3. The molecule has 21 heavy (non-hydrogen) atoms. The Hall–Kier alpha value is -1.24. The molecule has 1 heterocycles. The van der Waals surface area contributed by atoms with Crippen molar-refractivity contribution in [2.75, 3.05) is 20.3 Å². The van der Waals surface area contributed by atoms with E-state index in [0.717, 1.165) is 6.07 Å². The van der Waals surface area contributed by atoms with E-state index in [1.807, 2.05) is 0 Å². The van der Waals surface area contributed by atoms with Gasteiger partial charge in [0.1, 0.15) is 17.7 Å². The molecule has 118 valence electrons. The van der Waals surface area contributed by atoms with Crippen LogP contribution in [0.25, 0.3) is 0 Å². The maximum Gasteiger partial charge on any atom is 0.242 e. The highest BCUT2D eigenvalue weighted by Gasteiger charge is 2.32. The van der Waals surface area contributed by atoms with Gasteiger partial charge in [0, 0.05) is 19.7 Å². The summed E-state index contributed by atoms with van der Waals surface area (Å²) in [4.78, 5) is 13.8. The molecular weight excluding hydrogens is 302 g/mol. The minimum absolute atomic E-state index is 0. The predicted octanol–water partition coefficient (Wildman–Crippen LogP) is 1.81. The molecule has 2 rings (SSSR count). The number of hydrogen-bond acceptors (Lipinski definition) is 3. The monoisotopic (exact) mass is 320 g/mol. The first-order valence-electron chi connectivity index (χ1n) is 6.48. The Balaban J connectivity index is 0.00000220. The second kappa shape index (κ2) is 7.15. The number of nitrogens with two attached hydrogens (primary N) is 1. The molecule has 2 atom stereocenters. The van der Waals surface area contributed by atoms with Crippen LogP contribution in [0.5, 0.6) is 0 Å². The minimum atomic E-state index is -0.762. The fraction of sp³-hybridized carbons (Fsp3) is 0.500. The van der Waals surface area contributed by atoms with Crippen LogP contribution >= 0.6 is 12.4 Å². The number of rotatable bonds is 3. The lowest BCUT2D eigenvalue weighted by atomic mass is 9.92. The SMILES string of the molecule is COCC(N)C(=O)N1CCc2c(F)cc(F)cc2C1C.Cl. The summed E-state index contributed by atoms with van der Waals surface area (Å²) in [7, 11) is 1.47. The molecule has 1 aliphatic heterocycles. The van der Waals surface area contributed by atoms with Crippen molar-refractivity contribution in [2.45, 2.75) is 25.4 Å². The van der Waals surface area contributed by atoms with Gasteiger partial charge < -0.3 is 15.4 Å². The van der Waals surface area contributed by atoms with Crippen LogP contribution in [-0.2, 0) is 16.0 Å². The van der Waals surface area contributed by atoms with E-state index >= 15 is 0 Å². The van der Waals surface area contributed by atoms with Crippen molar-refractivity contribution in [3.63, 3.8) is 0 Å². The zero-order valence-electron chi connectivity index (χ0n) is 11.9. The average molecular weight is 321 g/mol. The summed E-state index contributed by atoms with van der Waals surface area (Å²) in [6, 6.07) is 0.992. The first-order chi connectivity index (χ1) is 9.45. The minimum Gasteiger partial charge on any atom is -0.383 e. The highest BCUT2D eigenvalue weighted by Crippen LogP contribution is 2.32. The molecule has 4 nitrogen and oxygen atoms in total. The van der Waals surface area contributed by atoms with Gasteiger partial charge >= 0.3 is 0 Å². The van der Waals surface area contributed by atoms with Gasteiger partial charge in [-0.3, -0.25) is 4.79 Å². The Kier molecular flexibility index (Phi) is 6.07. The van der Waals surface area contributed by atoms with E-state index in [-0.39, 0.29) is 24.9 Å². The van der Waals surface area contributed by atoms with Crippen molar-refractivity contribution in [1.29, 1.82) is 0 Å². The van der Waals surface area contributed by atoms with Crippen molar-refractivity contribution in [3.8, 4) is 0 Å². The molecule has 0 spiro atoms. The highest BCUT2D eigenvalue weighted by molar-refractivity contribution is 5.85. The highest BCUT2D eigenvalue weighted by atomic mass is 35.5. The Morgan fingerprint density at radius 1 is 1.52 bits per heavy atom. The Morgan fingerprint density at radius 3 is 2.81 bits per heavy atom. The molecule has 0 bridgehead atoms. The van der Waals surface area contributed by atoms with Crippen molar-refractivity contribution in [2.24, 2.45) is 5.73 Å². The average Bonchev–Trinajstić information content (AvgIpc) is 2.39. The lowest BCUT2D eigenvalue weighted by molar-refractivity contribution is -0.136. The summed E-state index contributed by atoms with van der Waals surface area (Å²) in [5, 5.41) is 0. The van der Waals surface area contributed by atoms with E-state index < -0.39 is 23.7 Å². The molecule has 7 heteroatoms. The van der Waals surface area contributed by atoms with Crippen LogP contribution in [0, 0.1) is 11.6 Å². The van der Waals surface area contributed by atoms with Crippen molar-refractivity contribution >= 4 is 18.3 Å². The fourth-order valence-electron chi connectivity index (χ4n) is 2.62. The maximum atomic E-state index is 13.7. The van der Waals surface area contributed by atoms with E-state index in [0.29, 0.717) is 24.1 Å². The largest absolute Gasteiger partial charge is 0.383 e. The van der Waals surface area contributed by atoms with Gasteiger partial charge in [0.25, 0.3) is 0 Å². The van der Waals surface area contributed by atoms with Gasteiger partial charge in [-0.2, -0.15) is 0 Å². The summed E-state index contributed by atoms with van der Waals surface area (Å²) in [6.07, 6.45) is 0.358. The van der Waals surface area contributed by atoms with Gasteiger partial charge in [0.05, 0.1) is 12.6 Å². The second-order valence-corrected chi connectivity index (χ2v) is 4.97. The van der Waals surface area contributed by atoms with Crippen LogP contribution in [0.1, 0.15) is 24.1 Å². The van der Waals surface area contributed by atoms with E-state index in [9.17, 15) is 13.6 Å². The zero-order chi connectivity index (χ0) is 14.9. The first kappa shape index (κ1) is 17.8. The molecule has 2 unspecified atom stereocenters. The molecule has 0 saturated carbocycles. The van der Waals surface area contributed by atoms with Crippen LogP contribution in [0.15, 0.2) is 12.1 Å². The van der Waals surface area contributed by atoms with Crippen LogP contribution in [0.3, 0.4) is 0 Å². The van der Waals surface area contributed by atoms with E-state index in [1.165, 1.54) is 13.2 Å². The van der Waals surface area contributed by atoms with Gasteiger partial charge in [-0.05, 0) is 30.5 Å². The smallest absolute Gasteiger partial charge is 0.242 e. The number of benzene rings is 1. The molecule has 2 N–H and O–H groups in total. The van der Waals surface area contributed by atoms with Gasteiger partial charge in [-0.15, -0.1) is 12.4 Å². The quantitative estimate of drug-likeness (QED) is 0.924. The van der Waals surface area contributed by atoms with Crippen LogP contribution in [-0.4, -0.2) is 37.1 Å². The maximum absolute atomic E-state index is 13.7. The third-order valence-electron chi connectivity index (χ3n) is 3.66. The second-order valence-electron chi connectivity index (χ2n) is 4.97. The fourth-order valence-corrected chi connectivity index (χ4v) is 2.62. The third kappa shape index (κ3) is 3.51. The molecular formula is C14H19ClF2N2O2. The lowest BCUT2D eigenvalue weighted by Crippen LogP contribution is -2.49. The zero-order valence-corrected chi connectivity index (χ0v) is 12.8. The number of nitrogens with zero attached hydrogens (tertiary/aromatic N) is 1. The Morgan fingerprint density at radius 2 is 2.19 bits per heavy atom. The number of hydrogen-bond donors (Lipinski definition) is 1. The van der Waals surface area contributed by atoms with E-state index in [1.54, 1.807) is 11.8 Å². The molecule has 0 aliphatic carbocycles. The van der Waals surface area contributed by atoms with Crippen molar-refractivity contribution < 1.29 is 18.3 Å². The third-order valence-corrected chi connectivity index (χ3v) is 3.66. The number of ether oxygens (including phenoxy) is 1. The summed E-state index contributed by atoms with van der Waals surface area (Å²) < 4.78 is 31.9. The summed E-state index contributed by atoms with van der Waals surface area (Å²) in [5.41, 5.74) is 6.72. The molecule has 0 saturated heterocycles. The summed E-state index contributed by atoms with van der Waals surface area (Å²) in [6.45, 7) is 2.23. The first-order valence-corrected chi connectivity index (χ1v) is 6.48.